The Balaban J connectivity index is 3.07. The van der Waals surface area contributed by atoms with Crippen molar-refractivity contribution in [3.05, 3.63) is 29.8 Å². The van der Waals surface area contributed by atoms with Crippen LogP contribution in [0.3, 0.4) is 0 Å². The van der Waals surface area contributed by atoms with E-state index in [4.69, 9.17) is 4.74 Å². The van der Waals surface area contributed by atoms with Gasteiger partial charge < -0.3 is 9.84 Å². The molecule has 0 bridgehead atoms. The SMILES string of the molecule is CCCCC(Oc1ccccc1C(C)(C)CC(C)(C)C)C(=O)O. The zero-order valence-electron chi connectivity index (χ0n) is 15.5. The third-order valence-electron chi connectivity index (χ3n) is 3.95. The zero-order chi connectivity index (χ0) is 17.7. The topological polar surface area (TPSA) is 46.5 Å². The minimum Gasteiger partial charge on any atom is -0.479 e. The maximum Gasteiger partial charge on any atom is 0.344 e. The van der Waals surface area contributed by atoms with Crippen molar-refractivity contribution < 1.29 is 14.6 Å². The Morgan fingerprint density at radius 1 is 1.17 bits per heavy atom. The van der Waals surface area contributed by atoms with Gasteiger partial charge in [-0.3, -0.25) is 0 Å². The van der Waals surface area contributed by atoms with E-state index in [1.807, 2.05) is 18.2 Å². The molecule has 0 heterocycles. The van der Waals surface area contributed by atoms with Crippen LogP contribution in [0.2, 0.25) is 0 Å². The maximum atomic E-state index is 11.5. The Labute approximate surface area is 141 Å². The summed E-state index contributed by atoms with van der Waals surface area (Å²) in [6, 6.07) is 7.85. The Bertz CT molecular complexity index is 512. The molecule has 130 valence electrons. The Hall–Kier alpha value is -1.51. The molecule has 0 saturated heterocycles. The van der Waals surface area contributed by atoms with Crippen LogP contribution in [0, 0.1) is 5.41 Å². The molecule has 0 amide bonds. The molecule has 0 fully saturated rings. The van der Waals surface area contributed by atoms with Gasteiger partial charge in [0.1, 0.15) is 5.75 Å². The number of carboxylic acids is 1. The van der Waals surface area contributed by atoms with Crippen LogP contribution in [0.4, 0.5) is 0 Å². The summed E-state index contributed by atoms with van der Waals surface area (Å²) in [6.45, 7) is 13.1. The molecular formula is C20H32O3. The van der Waals surface area contributed by atoms with Gasteiger partial charge in [-0.25, -0.2) is 4.79 Å². The van der Waals surface area contributed by atoms with Crippen LogP contribution in [0.5, 0.6) is 5.75 Å². The monoisotopic (exact) mass is 320 g/mol. The van der Waals surface area contributed by atoms with Crippen LogP contribution in [0.25, 0.3) is 0 Å². The smallest absolute Gasteiger partial charge is 0.344 e. The van der Waals surface area contributed by atoms with Crippen LogP contribution in [0.1, 0.15) is 72.8 Å². The van der Waals surface area contributed by atoms with E-state index in [1.54, 1.807) is 0 Å². The van der Waals surface area contributed by atoms with Gasteiger partial charge in [0.05, 0.1) is 0 Å². The van der Waals surface area contributed by atoms with E-state index in [1.165, 1.54) is 0 Å². The van der Waals surface area contributed by atoms with Crippen molar-refractivity contribution in [1.29, 1.82) is 0 Å². The lowest BCUT2D eigenvalue weighted by atomic mass is 9.72. The Morgan fingerprint density at radius 3 is 2.30 bits per heavy atom. The maximum absolute atomic E-state index is 11.5. The third kappa shape index (κ3) is 6.25. The molecule has 1 atom stereocenters. The molecular weight excluding hydrogens is 288 g/mol. The number of aliphatic carboxylic acids is 1. The van der Waals surface area contributed by atoms with E-state index in [0.29, 0.717) is 12.2 Å². The third-order valence-corrected chi connectivity index (χ3v) is 3.95. The van der Waals surface area contributed by atoms with Crippen LogP contribution in [-0.2, 0) is 10.2 Å². The van der Waals surface area contributed by atoms with E-state index in [9.17, 15) is 9.90 Å². The molecule has 0 aliphatic heterocycles. The number of benzene rings is 1. The lowest BCUT2D eigenvalue weighted by Gasteiger charge is -2.34. The van der Waals surface area contributed by atoms with Gasteiger partial charge in [0.15, 0.2) is 6.10 Å². The van der Waals surface area contributed by atoms with Crippen LogP contribution in [0.15, 0.2) is 24.3 Å². The zero-order valence-corrected chi connectivity index (χ0v) is 15.5. The second-order valence-electron chi connectivity index (χ2n) is 8.20. The summed E-state index contributed by atoms with van der Waals surface area (Å²) in [5, 5.41) is 9.42. The predicted octanol–water partition coefficient (Wildman–Crippen LogP) is 5.42. The minimum atomic E-state index is -0.887. The highest BCUT2D eigenvalue weighted by Crippen LogP contribution is 2.40. The largest absolute Gasteiger partial charge is 0.479 e. The highest BCUT2D eigenvalue weighted by molar-refractivity contribution is 5.72. The highest BCUT2D eigenvalue weighted by Gasteiger charge is 2.31. The number of ether oxygens (including phenoxy) is 1. The van der Waals surface area contributed by atoms with Crippen molar-refractivity contribution in [2.75, 3.05) is 0 Å². The van der Waals surface area contributed by atoms with Gasteiger partial charge in [-0.15, -0.1) is 0 Å². The molecule has 1 unspecified atom stereocenters. The van der Waals surface area contributed by atoms with Gasteiger partial charge in [-0.2, -0.15) is 0 Å². The van der Waals surface area contributed by atoms with E-state index in [2.05, 4.69) is 47.6 Å². The summed E-state index contributed by atoms with van der Waals surface area (Å²) in [5.74, 6) is -0.188. The number of unbranched alkanes of at least 4 members (excludes halogenated alkanes) is 1. The first-order chi connectivity index (χ1) is 10.6. The summed E-state index contributed by atoms with van der Waals surface area (Å²) >= 11 is 0. The van der Waals surface area contributed by atoms with Crippen LogP contribution >= 0.6 is 0 Å². The molecule has 23 heavy (non-hydrogen) atoms. The van der Waals surface area contributed by atoms with Gasteiger partial charge >= 0.3 is 5.97 Å². The van der Waals surface area contributed by atoms with Crippen molar-refractivity contribution in [3.63, 3.8) is 0 Å². The summed E-state index contributed by atoms with van der Waals surface area (Å²) in [4.78, 5) is 11.5. The van der Waals surface area contributed by atoms with Crippen molar-refractivity contribution in [1.82, 2.24) is 0 Å². The van der Waals surface area contributed by atoms with Gasteiger partial charge in [-0.1, -0.05) is 66.2 Å². The van der Waals surface area contributed by atoms with Crippen LogP contribution in [-0.4, -0.2) is 17.2 Å². The second-order valence-corrected chi connectivity index (χ2v) is 8.20. The number of rotatable bonds is 8. The number of hydrogen-bond acceptors (Lipinski definition) is 2. The summed E-state index contributed by atoms with van der Waals surface area (Å²) in [7, 11) is 0. The standard InChI is InChI=1S/C20H32O3/c1-7-8-12-17(18(21)22)23-16-13-10-9-11-15(16)20(5,6)14-19(2,3)4/h9-11,13,17H,7-8,12,14H2,1-6H3,(H,21,22). The molecule has 0 saturated carbocycles. The van der Waals surface area contributed by atoms with Crippen molar-refractivity contribution in [2.24, 2.45) is 5.41 Å². The van der Waals surface area contributed by atoms with Gasteiger partial charge in [0.2, 0.25) is 0 Å². The number of carbonyl (C=O) groups is 1. The molecule has 1 aromatic carbocycles. The van der Waals surface area contributed by atoms with Crippen molar-refractivity contribution in [3.8, 4) is 5.75 Å². The second kappa shape index (κ2) is 7.85. The van der Waals surface area contributed by atoms with Crippen molar-refractivity contribution in [2.45, 2.75) is 78.7 Å². The molecule has 0 aliphatic carbocycles. The van der Waals surface area contributed by atoms with Crippen LogP contribution < -0.4 is 4.74 Å². The average molecular weight is 320 g/mol. The number of carboxylic acid groups (broad SMARTS) is 1. The highest BCUT2D eigenvalue weighted by atomic mass is 16.5. The van der Waals surface area contributed by atoms with E-state index in [0.717, 1.165) is 24.8 Å². The van der Waals surface area contributed by atoms with E-state index in [-0.39, 0.29) is 10.8 Å². The molecule has 0 aliphatic rings. The Morgan fingerprint density at radius 2 is 1.78 bits per heavy atom. The van der Waals surface area contributed by atoms with Gasteiger partial charge in [0.25, 0.3) is 0 Å². The number of hydrogen-bond donors (Lipinski definition) is 1. The molecule has 3 nitrogen and oxygen atoms in total. The quantitative estimate of drug-likeness (QED) is 0.695. The normalized spacial score (nSPS) is 13.7. The lowest BCUT2D eigenvalue weighted by Crippen LogP contribution is -2.30. The van der Waals surface area contributed by atoms with E-state index < -0.39 is 12.1 Å². The average Bonchev–Trinajstić information content (AvgIpc) is 2.40. The first-order valence-electron chi connectivity index (χ1n) is 8.56. The number of para-hydroxylation sites is 1. The fraction of sp³-hybridized carbons (Fsp3) is 0.650. The summed E-state index contributed by atoms with van der Waals surface area (Å²) in [6.07, 6.45) is 2.57. The molecule has 0 spiro atoms. The summed E-state index contributed by atoms with van der Waals surface area (Å²) in [5.41, 5.74) is 1.19. The summed E-state index contributed by atoms with van der Waals surface area (Å²) < 4.78 is 5.91. The molecule has 0 radical (unpaired) electrons. The fourth-order valence-corrected chi connectivity index (χ4v) is 3.33. The minimum absolute atomic E-state index is 0.0807. The molecule has 3 heteroatoms. The first kappa shape index (κ1) is 19.5. The molecule has 1 rings (SSSR count). The van der Waals surface area contributed by atoms with Gasteiger partial charge in [0, 0.05) is 0 Å². The van der Waals surface area contributed by atoms with E-state index >= 15 is 0 Å². The fourth-order valence-electron chi connectivity index (χ4n) is 3.33. The Kier molecular flexibility index (Phi) is 6.67. The molecule has 1 aromatic rings. The molecule has 1 N–H and O–H groups in total. The predicted molar refractivity (Wildman–Crippen MR) is 95.1 cm³/mol. The molecule has 0 aromatic heterocycles. The first-order valence-corrected chi connectivity index (χ1v) is 8.56. The van der Waals surface area contributed by atoms with Gasteiger partial charge in [-0.05, 0) is 41.7 Å². The lowest BCUT2D eigenvalue weighted by molar-refractivity contribution is -0.145. The van der Waals surface area contributed by atoms with Crippen molar-refractivity contribution >= 4 is 5.97 Å².